The quantitative estimate of drug-likeness (QED) is 0.814. The average molecular weight is 201 g/mol. The molecule has 1 atom stereocenters. The second-order valence-corrected chi connectivity index (χ2v) is 3.12. The zero-order valence-corrected chi connectivity index (χ0v) is 8.97. The van der Waals surface area contributed by atoms with Crippen LogP contribution < -0.4 is 5.73 Å². The van der Waals surface area contributed by atoms with E-state index in [2.05, 4.69) is 24.0 Å². The lowest BCUT2D eigenvalue weighted by atomic mass is 10.1. The molecule has 0 aliphatic heterocycles. The molecule has 1 heterocycles. The fourth-order valence-corrected chi connectivity index (χ4v) is 1.11. The molecule has 1 rings (SSSR count). The number of nitrogens with two attached hydrogens (primary N) is 1. The van der Waals surface area contributed by atoms with E-state index in [0.717, 1.165) is 24.1 Å². The zero-order valence-electron chi connectivity index (χ0n) is 8.16. The number of hydrogen-bond donors (Lipinski definition) is 1. The fraction of sp³-hybridized carbons (Fsp3) is 0.500. The van der Waals surface area contributed by atoms with Gasteiger partial charge in [-0.1, -0.05) is 19.4 Å². The molecular formula is C10H17ClN2. The van der Waals surface area contributed by atoms with Crippen molar-refractivity contribution in [2.24, 2.45) is 5.73 Å². The van der Waals surface area contributed by atoms with E-state index in [1.807, 2.05) is 13.1 Å². The van der Waals surface area contributed by atoms with Crippen LogP contribution in [0.25, 0.3) is 0 Å². The first-order valence-corrected chi connectivity index (χ1v) is 4.44. The number of rotatable bonds is 3. The fourth-order valence-electron chi connectivity index (χ4n) is 1.11. The number of pyridine rings is 1. The van der Waals surface area contributed by atoms with E-state index in [4.69, 9.17) is 5.73 Å². The van der Waals surface area contributed by atoms with E-state index in [-0.39, 0.29) is 18.4 Å². The molecule has 1 aromatic rings. The summed E-state index contributed by atoms with van der Waals surface area (Å²) in [5.41, 5.74) is 7.96. The highest BCUT2D eigenvalue weighted by Gasteiger charge is 1.98. The molecule has 13 heavy (non-hydrogen) atoms. The SMILES string of the molecule is CCCc1ccc([C@@H](C)N)cn1.Cl. The molecule has 0 aromatic carbocycles. The van der Waals surface area contributed by atoms with Crippen molar-refractivity contribution in [1.82, 2.24) is 4.98 Å². The van der Waals surface area contributed by atoms with E-state index in [0.29, 0.717) is 0 Å². The first-order chi connectivity index (χ1) is 5.74. The lowest BCUT2D eigenvalue weighted by Gasteiger charge is -2.05. The molecule has 1 aromatic heterocycles. The molecule has 0 saturated heterocycles. The average Bonchev–Trinajstić information content (AvgIpc) is 2.06. The number of hydrogen-bond acceptors (Lipinski definition) is 2. The molecule has 0 aliphatic rings. The molecule has 3 heteroatoms. The summed E-state index contributed by atoms with van der Waals surface area (Å²) in [6.45, 7) is 4.12. The van der Waals surface area contributed by atoms with Crippen molar-refractivity contribution >= 4 is 12.4 Å². The van der Waals surface area contributed by atoms with Crippen LogP contribution in [0, 0.1) is 0 Å². The number of halogens is 1. The van der Waals surface area contributed by atoms with Gasteiger partial charge in [0.05, 0.1) is 0 Å². The first kappa shape index (κ1) is 12.4. The minimum Gasteiger partial charge on any atom is -0.324 e. The maximum absolute atomic E-state index is 5.70. The van der Waals surface area contributed by atoms with Gasteiger partial charge in [-0.15, -0.1) is 12.4 Å². The van der Waals surface area contributed by atoms with Crippen molar-refractivity contribution in [3.63, 3.8) is 0 Å². The van der Waals surface area contributed by atoms with Crippen molar-refractivity contribution in [2.45, 2.75) is 32.7 Å². The van der Waals surface area contributed by atoms with Gasteiger partial charge in [-0.2, -0.15) is 0 Å². The molecule has 0 bridgehead atoms. The summed E-state index contributed by atoms with van der Waals surface area (Å²) in [5.74, 6) is 0. The van der Waals surface area contributed by atoms with Crippen LogP contribution in [0.5, 0.6) is 0 Å². The molecule has 2 nitrogen and oxygen atoms in total. The van der Waals surface area contributed by atoms with Crippen molar-refractivity contribution in [3.05, 3.63) is 29.6 Å². The Morgan fingerprint density at radius 3 is 2.54 bits per heavy atom. The smallest absolute Gasteiger partial charge is 0.0403 e. The van der Waals surface area contributed by atoms with Gasteiger partial charge in [0.25, 0.3) is 0 Å². The second kappa shape index (κ2) is 5.95. The summed E-state index contributed by atoms with van der Waals surface area (Å²) >= 11 is 0. The van der Waals surface area contributed by atoms with Gasteiger partial charge >= 0.3 is 0 Å². The normalized spacial score (nSPS) is 11.9. The van der Waals surface area contributed by atoms with Gasteiger partial charge in [0.15, 0.2) is 0 Å². The Morgan fingerprint density at radius 2 is 2.15 bits per heavy atom. The van der Waals surface area contributed by atoms with E-state index in [9.17, 15) is 0 Å². The monoisotopic (exact) mass is 200 g/mol. The molecule has 74 valence electrons. The Balaban J connectivity index is 0.00000144. The highest BCUT2D eigenvalue weighted by molar-refractivity contribution is 5.85. The van der Waals surface area contributed by atoms with Crippen LogP contribution in [0.2, 0.25) is 0 Å². The highest BCUT2D eigenvalue weighted by atomic mass is 35.5. The van der Waals surface area contributed by atoms with Crippen molar-refractivity contribution in [1.29, 1.82) is 0 Å². The summed E-state index contributed by atoms with van der Waals surface area (Å²) in [6.07, 6.45) is 4.07. The van der Waals surface area contributed by atoms with Crippen LogP contribution >= 0.6 is 12.4 Å². The lowest BCUT2D eigenvalue weighted by Crippen LogP contribution is -2.05. The van der Waals surface area contributed by atoms with Crippen LogP contribution in [0.15, 0.2) is 18.3 Å². The van der Waals surface area contributed by atoms with Crippen molar-refractivity contribution in [2.75, 3.05) is 0 Å². The van der Waals surface area contributed by atoms with E-state index >= 15 is 0 Å². The van der Waals surface area contributed by atoms with Crippen LogP contribution in [-0.2, 0) is 6.42 Å². The van der Waals surface area contributed by atoms with Crippen molar-refractivity contribution < 1.29 is 0 Å². The predicted octanol–water partition coefficient (Wildman–Crippen LogP) is 2.48. The van der Waals surface area contributed by atoms with Gasteiger partial charge in [0, 0.05) is 17.9 Å². The maximum atomic E-state index is 5.70. The number of nitrogens with zero attached hydrogens (tertiary/aromatic N) is 1. The van der Waals surface area contributed by atoms with E-state index in [1.54, 1.807) is 0 Å². The third-order valence-electron chi connectivity index (χ3n) is 1.88. The van der Waals surface area contributed by atoms with Gasteiger partial charge in [-0.3, -0.25) is 4.98 Å². The Bertz CT molecular complexity index is 231. The highest BCUT2D eigenvalue weighted by Crippen LogP contribution is 2.08. The topological polar surface area (TPSA) is 38.9 Å². The van der Waals surface area contributed by atoms with E-state index < -0.39 is 0 Å². The van der Waals surface area contributed by atoms with Gasteiger partial charge in [0.1, 0.15) is 0 Å². The standard InChI is InChI=1S/C10H16N2.ClH/c1-3-4-10-6-5-9(7-12-10)8(2)11;/h5-8H,3-4,11H2,1-2H3;1H/t8-;/m1./s1. The van der Waals surface area contributed by atoms with Crippen LogP contribution in [-0.4, -0.2) is 4.98 Å². The van der Waals surface area contributed by atoms with Gasteiger partial charge in [-0.05, 0) is 25.0 Å². The summed E-state index contributed by atoms with van der Waals surface area (Å²) in [4.78, 5) is 4.31. The Labute approximate surface area is 86.0 Å². The molecule has 0 aliphatic carbocycles. The second-order valence-electron chi connectivity index (χ2n) is 3.12. The molecule has 0 saturated carbocycles. The minimum atomic E-state index is 0. The zero-order chi connectivity index (χ0) is 8.97. The molecule has 0 radical (unpaired) electrons. The molecule has 0 fully saturated rings. The predicted molar refractivity (Wildman–Crippen MR) is 58.1 cm³/mol. The molecule has 0 amide bonds. The van der Waals surface area contributed by atoms with Crippen molar-refractivity contribution in [3.8, 4) is 0 Å². The third-order valence-corrected chi connectivity index (χ3v) is 1.88. The Hall–Kier alpha value is -0.600. The summed E-state index contributed by atoms with van der Waals surface area (Å²) in [5, 5.41) is 0. The van der Waals surface area contributed by atoms with E-state index in [1.165, 1.54) is 0 Å². The largest absolute Gasteiger partial charge is 0.324 e. The maximum Gasteiger partial charge on any atom is 0.0403 e. The summed E-state index contributed by atoms with van der Waals surface area (Å²) in [6, 6.07) is 4.21. The lowest BCUT2D eigenvalue weighted by molar-refractivity contribution is 0.801. The minimum absolute atomic E-state index is 0. The summed E-state index contributed by atoms with van der Waals surface area (Å²) < 4.78 is 0. The third kappa shape index (κ3) is 3.75. The Morgan fingerprint density at radius 1 is 1.46 bits per heavy atom. The molecule has 2 N–H and O–H groups in total. The van der Waals surface area contributed by atoms with Crippen LogP contribution in [0.3, 0.4) is 0 Å². The van der Waals surface area contributed by atoms with Gasteiger partial charge in [0.2, 0.25) is 0 Å². The summed E-state index contributed by atoms with van der Waals surface area (Å²) in [7, 11) is 0. The van der Waals surface area contributed by atoms with Crippen LogP contribution in [0.4, 0.5) is 0 Å². The van der Waals surface area contributed by atoms with Gasteiger partial charge in [-0.25, -0.2) is 0 Å². The van der Waals surface area contributed by atoms with Crippen LogP contribution in [0.1, 0.15) is 37.6 Å². The molecular weight excluding hydrogens is 184 g/mol. The number of aromatic nitrogens is 1. The number of aryl methyl sites for hydroxylation is 1. The molecule has 0 spiro atoms. The first-order valence-electron chi connectivity index (χ1n) is 4.44. The Kier molecular flexibility index (Phi) is 5.67. The van der Waals surface area contributed by atoms with Gasteiger partial charge < -0.3 is 5.73 Å². The molecule has 0 unspecified atom stereocenters.